The smallest absolute Gasteiger partial charge is 0.227 e. The zero-order valence-corrected chi connectivity index (χ0v) is 12.2. The number of hydrogen-bond donors (Lipinski definition) is 1. The van der Waals surface area contributed by atoms with E-state index in [-0.39, 0.29) is 17.6 Å². The van der Waals surface area contributed by atoms with Gasteiger partial charge in [-0.25, -0.2) is 0 Å². The van der Waals surface area contributed by atoms with Gasteiger partial charge in [-0.2, -0.15) is 0 Å². The summed E-state index contributed by atoms with van der Waals surface area (Å²) >= 11 is 0. The van der Waals surface area contributed by atoms with Crippen LogP contribution in [0, 0.1) is 5.92 Å². The van der Waals surface area contributed by atoms with Crippen molar-refractivity contribution in [3.63, 3.8) is 0 Å². The molecule has 0 saturated heterocycles. The van der Waals surface area contributed by atoms with Crippen molar-refractivity contribution in [2.75, 3.05) is 5.32 Å². The molecule has 1 N–H and O–H groups in total. The zero-order chi connectivity index (χ0) is 14.4. The standard InChI is InChI=1S/C17H23NO2/c1-2-7-16(19)14-10-6-11-15(12-14)18-17(20)13-8-4-3-5-9-13/h6,10-13H,2-5,7-9H2,1H3,(H,18,20). The van der Waals surface area contributed by atoms with Gasteiger partial charge < -0.3 is 5.32 Å². The monoisotopic (exact) mass is 273 g/mol. The van der Waals surface area contributed by atoms with Crippen LogP contribution in [0.25, 0.3) is 0 Å². The lowest BCUT2D eigenvalue weighted by molar-refractivity contribution is -0.120. The van der Waals surface area contributed by atoms with Crippen LogP contribution in [0.5, 0.6) is 0 Å². The number of benzene rings is 1. The molecule has 3 heteroatoms. The Hall–Kier alpha value is -1.64. The molecule has 0 aromatic heterocycles. The van der Waals surface area contributed by atoms with Gasteiger partial charge in [-0.15, -0.1) is 0 Å². The molecule has 20 heavy (non-hydrogen) atoms. The highest BCUT2D eigenvalue weighted by atomic mass is 16.2. The number of carbonyl (C=O) groups excluding carboxylic acids is 2. The predicted octanol–water partition coefficient (Wildman–Crippen LogP) is 4.19. The van der Waals surface area contributed by atoms with Crippen LogP contribution in [0.4, 0.5) is 5.69 Å². The fraction of sp³-hybridized carbons (Fsp3) is 0.529. The van der Waals surface area contributed by atoms with E-state index >= 15 is 0 Å². The summed E-state index contributed by atoms with van der Waals surface area (Å²) in [5.41, 5.74) is 1.43. The minimum atomic E-state index is 0.102. The number of carbonyl (C=O) groups is 2. The van der Waals surface area contributed by atoms with Gasteiger partial charge in [0.05, 0.1) is 0 Å². The fourth-order valence-electron chi connectivity index (χ4n) is 2.75. The van der Waals surface area contributed by atoms with Gasteiger partial charge in [-0.05, 0) is 31.4 Å². The molecule has 2 rings (SSSR count). The van der Waals surface area contributed by atoms with E-state index in [1.807, 2.05) is 25.1 Å². The molecule has 1 amide bonds. The molecular weight excluding hydrogens is 250 g/mol. The van der Waals surface area contributed by atoms with Crippen LogP contribution in [0.2, 0.25) is 0 Å². The molecular formula is C17H23NO2. The van der Waals surface area contributed by atoms with Crippen molar-refractivity contribution >= 4 is 17.4 Å². The Labute approximate surface area is 120 Å². The van der Waals surface area contributed by atoms with Gasteiger partial charge >= 0.3 is 0 Å². The normalized spacial score (nSPS) is 15.8. The number of Topliss-reactive ketones (excluding diaryl/α,β-unsaturated/α-hetero) is 1. The minimum absolute atomic E-state index is 0.102. The van der Waals surface area contributed by atoms with Gasteiger partial charge in [-0.3, -0.25) is 9.59 Å². The van der Waals surface area contributed by atoms with Crippen molar-refractivity contribution in [3.05, 3.63) is 29.8 Å². The summed E-state index contributed by atoms with van der Waals surface area (Å²) in [6, 6.07) is 7.29. The third-order valence-electron chi connectivity index (χ3n) is 3.91. The third-order valence-corrected chi connectivity index (χ3v) is 3.91. The molecule has 1 aromatic carbocycles. The first-order valence-corrected chi connectivity index (χ1v) is 7.65. The summed E-state index contributed by atoms with van der Waals surface area (Å²) in [4.78, 5) is 24.0. The van der Waals surface area contributed by atoms with Crippen LogP contribution in [0.15, 0.2) is 24.3 Å². The predicted molar refractivity (Wildman–Crippen MR) is 80.9 cm³/mol. The van der Waals surface area contributed by atoms with E-state index in [0.29, 0.717) is 12.0 Å². The molecule has 0 atom stereocenters. The SMILES string of the molecule is CCCC(=O)c1cccc(NC(=O)C2CCCCC2)c1. The number of rotatable bonds is 5. The number of hydrogen-bond acceptors (Lipinski definition) is 2. The Bertz CT molecular complexity index is 476. The lowest BCUT2D eigenvalue weighted by atomic mass is 9.88. The zero-order valence-electron chi connectivity index (χ0n) is 12.2. The Kier molecular flexibility index (Phi) is 5.33. The fourth-order valence-corrected chi connectivity index (χ4v) is 2.75. The molecule has 0 radical (unpaired) electrons. The average molecular weight is 273 g/mol. The maximum absolute atomic E-state index is 12.2. The molecule has 1 aromatic rings. The molecule has 0 spiro atoms. The lowest BCUT2D eigenvalue weighted by Crippen LogP contribution is -2.24. The number of ketones is 1. The second-order valence-corrected chi connectivity index (χ2v) is 5.58. The molecule has 1 aliphatic rings. The van der Waals surface area contributed by atoms with E-state index in [2.05, 4.69) is 5.32 Å². The largest absolute Gasteiger partial charge is 0.326 e. The molecule has 0 aliphatic heterocycles. The van der Waals surface area contributed by atoms with Crippen LogP contribution in [-0.4, -0.2) is 11.7 Å². The highest BCUT2D eigenvalue weighted by Gasteiger charge is 2.21. The number of anilines is 1. The van der Waals surface area contributed by atoms with Gasteiger partial charge in [0.25, 0.3) is 0 Å². The van der Waals surface area contributed by atoms with Crippen LogP contribution < -0.4 is 5.32 Å². The first-order chi connectivity index (χ1) is 9.70. The van der Waals surface area contributed by atoms with Crippen LogP contribution in [0.1, 0.15) is 62.2 Å². The van der Waals surface area contributed by atoms with Crippen LogP contribution in [0.3, 0.4) is 0 Å². The number of amides is 1. The molecule has 0 heterocycles. The van der Waals surface area contributed by atoms with Crippen molar-refractivity contribution in [1.29, 1.82) is 0 Å². The van der Waals surface area contributed by atoms with E-state index in [1.54, 1.807) is 6.07 Å². The summed E-state index contributed by atoms with van der Waals surface area (Å²) < 4.78 is 0. The summed E-state index contributed by atoms with van der Waals surface area (Å²) in [5.74, 6) is 0.379. The van der Waals surface area contributed by atoms with E-state index in [1.165, 1.54) is 6.42 Å². The Morgan fingerprint density at radius 1 is 1.20 bits per heavy atom. The highest BCUT2D eigenvalue weighted by molar-refractivity contribution is 5.98. The molecule has 0 bridgehead atoms. The molecule has 0 unspecified atom stereocenters. The summed E-state index contributed by atoms with van der Waals surface area (Å²) in [7, 11) is 0. The van der Waals surface area contributed by atoms with Crippen molar-refractivity contribution in [2.45, 2.75) is 51.9 Å². The van der Waals surface area contributed by atoms with E-state index < -0.39 is 0 Å². The third kappa shape index (κ3) is 3.92. The van der Waals surface area contributed by atoms with Gasteiger partial charge in [0.15, 0.2) is 5.78 Å². The second kappa shape index (κ2) is 7.22. The lowest BCUT2D eigenvalue weighted by Gasteiger charge is -2.20. The maximum atomic E-state index is 12.2. The molecule has 1 fully saturated rings. The minimum Gasteiger partial charge on any atom is -0.326 e. The van der Waals surface area contributed by atoms with Crippen molar-refractivity contribution in [3.8, 4) is 0 Å². The Balaban J connectivity index is 2.00. The highest BCUT2D eigenvalue weighted by Crippen LogP contribution is 2.25. The van der Waals surface area contributed by atoms with Crippen molar-refractivity contribution in [1.82, 2.24) is 0 Å². The van der Waals surface area contributed by atoms with Crippen LogP contribution in [-0.2, 0) is 4.79 Å². The topological polar surface area (TPSA) is 46.2 Å². The van der Waals surface area contributed by atoms with E-state index in [0.717, 1.165) is 37.8 Å². The summed E-state index contributed by atoms with van der Waals surface area (Å²) in [6.45, 7) is 1.99. The summed E-state index contributed by atoms with van der Waals surface area (Å²) in [6.07, 6.45) is 6.91. The maximum Gasteiger partial charge on any atom is 0.227 e. The van der Waals surface area contributed by atoms with Crippen LogP contribution >= 0.6 is 0 Å². The second-order valence-electron chi connectivity index (χ2n) is 5.58. The van der Waals surface area contributed by atoms with Gasteiger partial charge in [0.2, 0.25) is 5.91 Å². The first-order valence-electron chi connectivity index (χ1n) is 7.65. The Morgan fingerprint density at radius 3 is 2.65 bits per heavy atom. The molecule has 1 saturated carbocycles. The van der Waals surface area contributed by atoms with Gasteiger partial charge in [0, 0.05) is 23.6 Å². The molecule has 1 aliphatic carbocycles. The van der Waals surface area contributed by atoms with Gasteiger partial charge in [-0.1, -0.05) is 38.3 Å². The van der Waals surface area contributed by atoms with Crippen molar-refractivity contribution in [2.24, 2.45) is 5.92 Å². The van der Waals surface area contributed by atoms with Gasteiger partial charge in [0.1, 0.15) is 0 Å². The number of nitrogens with one attached hydrogen (secondary N) is 1. The van der Waals surface area contributed by atoms with E-state index in [4.69, 9.17) is 0 Å². The molecule has 3 nitrogen and oxygen atoms in total. The quantitative estimate of drug-likeness (QED) is 0.818. The first kappa shape index (κ1) is 14.8. The van der Waals surface area contributed by atoms with Crippen molar-refractivity contribution < 1.29 is 9.59 Å². The Morgan fingerprint density at radius 2 is 1.95 bits per heavy atom. The molecule has 108 valence electrons. The van der Waals surface area contributed by atoms with E-state index in [9.17, 15) is 9.59 Å². The average Bonchev–Trinajstić information content (AvgIpc) is 2.48. The summed E-state index contributed by atoms with van der Waals surface area (Å²) in [5, 5.41) is 2.96.